The summed E-state index contributed by atoms with van der Waals surface area (Å²) in [5.74, 6) is -2.15. The van der Waals surface area contributed by atoms with Crippen molar-refractivity contribution >= 4 is 40.1 Å². The monoisotopic (exact) mass is 455 g/mol. The second-order valence-electron chi connectivity index (χ2n) is 7.26. The second kappa shape index (κ2) is 9.90. The van der Waals surface area contributed by atoms with Crippen LogP contribution in [0.2, 0.25) is 0 Å². The molecule has 0 bridgehead atoms. The number of aromatic nitrogens is 1. The summed E-state index contributed by atoms with van der Waals surface area (Å²) in [4.78, 5) is 58.5. The molecule has 172 valence electrons. The minimum absolute atomic E-state index is 0.0756. The molecule has 0 spiro atoms. The van der Waals surface area contributed by atoms with Crippen LogP contribution in [0, 0.1) is 10.1 Å². The number of oxazole rings is 1. The molecule has 0 aliphatic carbocycles. The third-order valence-electron chi connectivity index (χ3n) is 4.87. The fourth-order valence-electron chi connectivity index (χ4n) is 3.20. The van der Waals surface area contributed by atoms with E-state index in [-0.39, 0.29) is 36.4 Å². The number of fused-ring (bicyclic) bond motifs is 1. The van der Waals surface area contributed by atoms with Crippen molar-refractivity contribution in [2.45, 2.75) is 39.3 Å². The number of amides is 1. The van der Waals surface area contributed by atoms with Gasteiger partial charge in [0.2, 0.25) is 0 Å². The summed E-state index contributed by atoms with van der Waals surface area (Å²) in [6.07, 6.45) is -0.963. The molecule has 1 heterocycles. The summed E-state index contributed by atoms with van der Waals surface area (Å²) in [7, 11) is 0. The van der Waals surface area contributed by atoms with E-state index in [9.17, 15) is 29.3 Å². The van der Waals surface area contributed by atoms with Crippen LogP contribution in [-0.2, 0) is 20.9 Å². The van der Waals surface area contributed by atoms with Crippen LogP contribution < -0.4 is 11.1 Å². The number of carbonyl (C=O) groups is 3. The molecule has 0 aliphatic heterocycles. The van der Waals surface area contributed by atoms with Crippen molar-refractivity contribution in [1.29, 1.82) is 0 Å². The molecule has 0 saturated carbocycles. The normalized spacial score (nSPS) is 11.7. The fraction of sp³-hybridized carbons (Fsp3) is 0.273. The average Bonchev–Trinajstić information content (AvgIpc) is 3.08. The van der Waals surface area contributed by atoms with Gasteiger partial charge in [-0.05, 0) is 38.5 Å². The van der Waals surface area contributed by atoms with Crippen molar-refractivity contribution in [3.8, 4) is 0 Å². The van der Waals surface area contributed by atoms with Crippen molar-refractivity contribution < 1.29 is 28.5 Å². The van der Waals surface area contributed by atoms with Gasteiger partial charge >= 0.3 is 11.7 Å². The van der Waals surface area contributed by atoms with Crippen LogP contribution in [0.3, 0.4) is 0 Å². The predicted octanol–water partition coefficient (Wildman–Crippen LogP) is 3.06. The molecule has 11 nitrogen and oxygen atoms in total. The van der Waals surface area contributed by atoms with Gasteiger partial charge in [-0.1, -0.05) is 12.1 Å². The standard InChI is InChI=1S/C22H21N3O8/c1-13(26)16-6-3-4-7-17(16)23-21(28)14(2)32-20(27)8-5-11-24-18-10-9-15(25(30)31)12-19(18)33-22(24)29/h3-4,6-7,9-10,12,14H,5,8,11H2,1-2H3,(H,23,28). The molecular weight excluding hydrogens is 434 g/mol. The highest BCUT2D eigenvalue weighted by Crippen LogP contribution is 2.20. The molecular formula is C22H21N3O8. The lowest BCUT2D eigenvalue weighted by Gasteiger charge is -2.15. The van der Waals surface area contributed by atoms with Gasteiger partial charge in [0, 0.05) is 24.6 Å². The highest BCUT2D eigenvalue weighted by Gasteiger charge is 2.20. The number of ether oxygens (including phenoxy) is 1. The molecule has 11 heteroatoms. The lowest BCUT2D eigenvalue weighted by molar-refractivity contribution is -0.384. The molecule has 1 unspecified atom stereocenters. The van der Waals surface area contributed by atoms with E-state index < -0.39 is 28.7 Å². The third-order valence-corrected chi connectivity index (χ3v) is 4.87. The SMILES string of the molecule is CC(=O)c1ccccc1NC(=O)C(C)OC(=O)CCCn1c(=O)oc2cc([N+](=O)[O-])ccc21. The van der Waals surface area contributed by atoms with Crippen LogP contribution in [0.5, 0.6) is 0 Å². The Bertz CT molecular complexity index is 1290. The molecule has 1 atom stereocenters. The van der Waals surface area contributed by atoms with Gasteiger partial charge in [-0.2, -0.15) is 0 Å². The summed E-state index contributed by atoms with van der Waals surface area (Å²) in [5.41, 5.74) is 0.908. The summed E-state index contributed by atoms with van der Waals surface area (Å²) < 4.78 is 11.4. The largest absolute Gasteiger partial charge is 0.453 e. The number of aryl methyl sites for hydroxylation is 1. The van der Waals surface area contributed by atoms with Crippen LogP contribution >= 0.6 is 0 Å². The summed E-state index contributed by atoms with van der Waals surface area (Å²) in [6, 6.07) is 10.3. The summed E-state index contributed by atoms with van der Waals surface area (Å²) >= 11 is 0. The van der Waals surface area contributed by atoms with Gasteiger partial charge in [0.25, 0.3) is 11.6 Å². The number of hydrogen-bond donors (Lipinski definition) is 1. The molecule has 3 aromatic rings. The Morgan fingerprint density at radius 3 is 2.64 bits per heavy atom. The van der Waals surface area contributed by atoms with E-state index >= 15 is 0 Å². The molecule has 0 fully saturated rings. The Kier molecular flexibility index (Phi) is 7.01. The van der Waals surface area contributed by atoms with Crippen molar-refractivity contribution in [1.82, 2.24) is 4.57 Å². The first-order valence-corrected chi connectivity index (χ1v) is 10.1. The number of benzene rings is 2. The van der Waals surface area contributed by atoms with Gasteiger partial charge in [0.05, 0.1) is 22.2 Å². The molecule has 1 aromatic heterocycles. The average molecular weight is 455 g/mol. The minimum atomic E-state index is -1.10. The van der Waals surface area contributed by atoms with Crippen molar-refractivity contribution in [2.24, 2.45) is 0 Å². The van der Waals surface area contributed by atoms with Crippen LogP contribution in [0.4, 0.5) is 11.4 Å². The zero-order valence-electron chi connectivity index (χ0n) is 17.9. The maximum atomic E-state index is 12.3. The van der Waals surface area contributed by atoms with Gasteiger partial charge in [-0.25, -0.2) is 4.79 Å². The smallest absolute Gasteiger partial charge is 0.419 e. The van der Waals surface area contributed by atoms with E-state index in [1.165, 1.54) is 30.5 Å². The number of anilines is 1. The van der Waals surface area contributed by atoms with E-state index in [2.05, 4.69) is 5.32 Å². The molecule has 1 N–H and O–H groups in total. The third kappa shape index (κ3) is 5.50. The number of ketones is 1. The summed E-state index contributed by atoms with van der Waals surface area (Å²) in [6.45, 7) is 2.90. The number of hydrogen-bond acceptors (Lipinski definition) is 8. The van der Waals surface area contributed by atoms with Gasteiger partial charge in [0.1, 0.15) is 0 Å². The summed E-state index contributed by atoms with van der Waals surface area (Å²) in [5, 5.41) is 13.4. The first-order chi connectivity index (χ1) is 15.7. The van der Waals surface area contributed by atoms with E-state index in [0.29, 0.717) is 16.8 Å². The van der Waals surface area contributed by atoms with Crippen LogP contribution in [-0.4, -0.2) is 33.3 Å². The number of carbonyl (C=O) groups excluding carboxylic acids is 3. The van der Waals surface area contributed by atoms with E-state index in [1.54, 1.807) is 24.3 Å². The van der Waals surface area contributed by atoms with Gasteiger partial charge in [-0.15, -0.1) is 0 Å². The number of para-hydroxylation sites is 1. The number of nitro groups is 1. The Morgan fingerprint density at radius 1 is 1.21 bits per heavy atom. The Labute approximate surface area is 187 Å². The predicted molar refractivity (Wildman–Crippen MR) is 117 cm³/mol. The maximum absolute atomic E-state index is 12.3. The van der Waals surface area contributed by atoms with Gasteiger partial charge < -0.3 is 14.5 Å². The van der Waals surface area contributed by atoms with Gasteiger partial charge in [-0.3, -0.25) is 29.1 Å². The molecule has 0 saturated heterocycles. The quantitative estimate of drug-likeness (QED) is 0.224. The molecule has 2 aromatic carbocycles. The van der Waals surface area contributed by atoms with E-state index in [1.807, 2.05) is 0 Å². The Balaban J connectivity index is 1.55. The highest BCUT2D eigenvalue weighted by molar-refractivity contribution is 6.04. The lowest BCUT2D eigenvalue weighted by atomic mass is 10.1. The number of rotatable bonds is 9. The van der Waals surface area contributed by atoms with Crippen LogP contribution in [0.25, 0.3) is 11.1 Å². The molecule has 3 rings (SSSR count). The van der Waals surface area contributed by atoms with Crippen molar-refractivity contribution in [2.75, 3.05) is 5.32 Å². The topological polar surface area (TPSA) is 151 Å². The number of nitrogens with one attached hydrogen (secondary N) is 1. The molecule has 33 heavy (non-hydrogen) atoms. The first kappa shape index (κ1) is 23.4. The Morgan fingerprint density at radius 2 is 1.94 bits per heavy atom. The van der Waals surface area contributed by atoms with Crippen molar-refractivity contribution in [3.05, 3.63) is 68.7 Å². The molecule has 1 amide bonds. The zero-order valence-corrected chi connectivity index (χ0v) is 17.9. The second-order valence-corrected chi connectivity index (χ2v) is 7.26. The van der Waals surface area contributed by atoms with Crippen LogP contribution in [0.15, 0.2) is 51.7 Å². The number of Topliss-reactive ketones (excluding diaryl/α,β-unsaturated/α-hetero) is 1. The number of nitrogens with zero attached hydrogens (tertiary/aromatic N) is 2. The van der Waals surface area contributed by atoms with E-state index in [4.69, 9.17) is 9.15 Å². The zero-order chi connectivity index (χ0) is 24.1. The number of non-ortho nitro benzene ring substituents is 1. The van der Waals surface area contributed by atoms with Crippen molar-refractivity contribution in [3.63, 3.8) is 0 Å². The molecule has 0 aliphatic rings. The van der Waals surface area contributed by atoms with Gasteiger partial charge in [0.15, 0.2) is 17.5 Å². The highest BCUT2D eigenvalue weighted by atomic mass is 16.6. The first-order valence-electron chi connectivity index (χ1n) is 10.1. The number of esters is 1. The van der Waals surface area contributed by atoms with E-state index in [0.717, 1.165) is 6.07 Å². The lowest BCUT2D eigenvalue weighted by Crippen LogP contribution is -2.30. The minimum Gasteiger partial charge on any atom is -0.453 e. The fourth-order valence-corrected chi connectivity index (χ4v) is 3.20. The Hall–Kier alpha value is -4.28. The maximum Gasteiger partial charge on any atom is 0.419 e. The van der Waals surface area contributed by atoms with Crippen LogP contribution in [0.1, 0.15) is 37.0 Å². The number of nitro benzene ring substituents is 1. The molecule has 0 radical (unpaired) electrons.